The van der Waals surface area contributed by atoms with Gasteiger partial charge in [-0.15, -0.1) is 0 Å². The molecule has 2 heterocycles. The topological polar surface area (TPSA) is 42.7 Å². The SMILES string of the molecule is COc1ccc(-c2c(C)nn3c(N(Cc4ccc(C(F)(F)F)cc4)CC4CC4)c4c(nc23)CCC4)c(Cl)c1. The third-order valence-electron chi connectivity index (χ3n) is 7.51. The summed E-state index contributed by atoms with van der Waals surface area (Å²) >= 11 is 6.69. The summed E-state index contributed by atoms with van der Waals surface area (Å²) in [6.45, 7) is 3.28. The van der Waals surface area contributed by atoms with Gasteiger partial charge in [-0.1, -0.05) is 23.7 Å². The van der Waals surface area contributed by atoms with Crippen LogP contribution in [0.3, 0.4) is 0 Å². The molecule has 0 saturated heterocycles. The number of methoxy groups -OCH3 is 1. The molecule has 0 spiro atoms. The van der Waals surface area contributed by atoms with Crippen molar-refractivity contribution in [3.8, 4) is 16.9 Å². The van der Waals surface area contributed by atoms with Crippen molar-refractivity contribution in [2.75, 3.05) is 18.6 Å². The number of aromatic nitrogens is 3. The number of ether oxygens (including phenoxy) is 1. The summed E-state index contributed by atoms with van der Waals surface area (Å²) in [5.41, 5.74) is 5.73. The second kappa shape index (κ2) is 9.49. The minimum Gasteiger partial charge on any atom is -0.497 e. The number of benzene rings is 2. The van der Waals surface area contributed by atoms with Crippen molar-refractivity contribution in [2.24, 2.45) is 5.92 Å². The molecule has 0 N–H and O–H groups in total. The monoisotopic (exact) mass is 540 g/mol. The molecule has 4 aromatic rings. The Balaban J connectivity index is 1.48. The van der Waals surface area contributed by atoms with E-state index in [1.165, 1.54) is 17.7 Å². The Hall–Kier alpha value is -3.26. The van der Waals surface area contributed by atoms with Gasteiger partial charge in [-0.2, -0.15) is 22.8 Å². The second-order valence-electron chi connectivity index (χ2n) is 10.3. The number of alkyl halides is 3. The minimum atomic E-state index is -4.35. The lowest BCUT2D eigenvalue weighted by atomic mass is 10.1. The van der Waals surface area contributed by atoms with Gasteiger partial charge in [0.2, 0.25) is 0 Å². The molecule has 0 amide bonds. The van der Waals surface area contributed by atoms with Gasteiger partial charge < -0.3 is 9.64 Å². The smallest absolute Gasteiger partial charge is 0.416 e. The van der Waals surface area contributed by atoms with Crippen molar-refractivity contribution in [2.45, 2.75) is 51.7 Å². The number of aryl methyl sites for hydroxylation is 2. The van der Waals surface area contributed by atoms with Crippen LogP contribution < -0.4 is 9.64 Å². The highest BCUT2D eigenvalue weighted by Gasteiger charge is 2.32. The van der Waals surface area contributed by atoms with Crippen LogP contribution in [0.4, 0.5) is 19.0 Å². The fraction of sp³-hybridized carbons (Fsp3) is 0.379. The molecule has 0 atom stereocenters. The van der Waals surface area contributed by atoms with E-state index in [0.29, 0.717) is 23.2 Å². The molecule has 1 saturated carbocycles. The maximum absolute atomic E-state index is 13.2. The summed E-state index contributed by atoms with van der Waals surface area (Å²) in [4.78, 5) is 7.38. The van der Waals surface area contributed by atoms with E-state index in [-0.39, 0.29) is 0 Å². The first-order valence-electron chi connectivity index (χ1n) is 12.9. The number of halogens is 4. The van der Waals surface area contributed by atoms with E-state index in [9.17, 15) is 13.2 Å². The van der Waals surface area contributed by atoms with Crippen LogP contribution in [0.2, 0.25) is 5.02 Å². The molecule has 0 radical (unpaired) electrons. The van der Waals surface area contributed by atoms with Crippen LogP contribution in [0.15, 0.2) is 42.5 Å². The number of rotatable bonds is 7. The fourth-order valence-electron chi connectivity index (χ4n) is 5.44. The number of hydrogen-bond donors (Lipinski definition) is 0. The summed E-state index contributed by atoms with van der Waals surface area (Å²) in [5.74, 6) is 2.24. The Morgan fingerprint density at radius 3 is 2.53 bits per heavy atom. The fourth-order valence-corrected chi connectivity index (χ4v) is 5.70. The lowest BCUT2D eigenvalue weighted by Crippen LogP contribution is -2.29. The third-order valence-corrected chi connectivity index (χ3v) is 7.82. The summed E-state index contributed by atoms with van der Waals surface area (Å²) in [6, 6.07) is 11.1. The van der Waals surface area contributed by atoms with Crippen LogP contribution in [0.1, 0.15) is 47.3 Å². The molecule has 5 nitrogen and oxygen atoms in total. The first kappa shape index (κ1) is 25.0. The van der Waals surface area contributed by atoms with Crippen LogP contribution in [0.5, 0.6) is 5.75 Å². The first-order chi connectivity index (χ1) is 18.2. The minimum absolute atomic E-state index is 0.498. The molecule has 2 aliphatic rings. The third kappa shape index (κ3) is 4.59. The lowest BCUT2D eigenvalue weighted by Gasteiger charge is -2.28. The molecule has 38 heavy (non-hydrogen) atoms. The molecule has 9 heteroatoms. The highest BCUT2D eigenvalue weighted by Crippen LogP contribution is 2.41. The number of anilines is 1. The van der Waals surface area contributed by atoms with Crippen LogP contribution >= 0.6 is 11.6 Å². The van der Waals surface area contributed by atoms with Gasteiger partial charge in [-0.05, 0) is 80.8 Å². The van der Waals surface area contributed by atoms with Gasteiger partial charge in [-0.25, -0.2) is 4.98 Å². The van der Waals surface area contributed by atoms with E-state index < -0.39 is 11.7 Å². The van der Waals surface area contributed by atoms with Gasteiger partial charge >= 0.3 is 6.18 Å². The van der Waals surface area contributed by atoms with Crippen molar-refractivity contribution in [3.05, 3.63) is 75.6 Å². The predicted molar refractivity (Wildman–Crippen MR) is 142 cm³/mol. The molecular weight excluding hydrogens is 513 g/mol. The Bertz CT molecular complexity index is 1510. The van der Waals surface area contributed by atoms with E-state index in [1.54, 1.807) is 25.3 Å². The Labute approximate surface area is 224 Å². The standard InChI is InChI=1S/C29H28ClF3N4O/c1-17-26(22-13-12-21(38-2)14-24(22)30)27-34-25-5-3-4-23(25)28(37(27)35-17)36(15-18-6-7-18)16-19-8-10-20(11-9-19)29(31,32)33/h8-14,18H,3-7,15-16H2,1-2H3. The first-order valence-corrected chi connectivity index (χ1v) is 13.3. The molecule has 6 rings (SSSR count). The molecule has 2 aromatic carbocycles. The maximum atomic E-state index is 13.2. The average molecular weight is 541 g/mol. The molecule has 1 fully saturated rings. The van der Waals surface area contributed by atoms with Crippen LogP contribution in [-0.2, 0) is 25.6 Å². The summed E-state index contributed by atoms with van der Waals surface area (Å²) in [7, 11) is 1.61. The van der Waals surface area contributed by atoms with Gasteiger partial charge in [0.1, 0.15) is 11.6 Å². The molecule has 198 valence electrons. The van der Waals surface area contributed by atoms with Crippen LogP contribution in [0, 0.1) is 12.8 Å². The van der Waals surface area contributed by atoms with Gasteiger partial charge in [0.15, 0.2) is 5.65 Å². The zero-order valence-electron chi connectivity index (χ0n) is 21.3. The van der Waals surface area contributed by atoms with Crippen molar-refractivity contribution < 1.29 is 17.9 Å². The van der Waals surface area contributed by atoms with Gasteiger partial charge in [-0.3, -0.25) is 0 Å². The van der Waals surface area contributed by atoms with Crippen molar-refractivity contribution >= 4 is 23.1 Å². The normalized spacial score (nSPS) is 15.2. The summed E-state index contributed by atoms with van der Waals surface area (Å²) in [5, 5.41) is 5.52. The predicted octanol–water partition coefficient (Wildman–Crippen LogP) is 7.29. The van der Waals surface area contributed by atoms with Crippen LogP contribution in [-0.4, -0.2) is 28.3 Å². The van der Waals surface area contributed by atoms with Gasteiger partial charge in [0.05, 0.1) is 29.0 Å². The molecule has 2 aromatic heterocycles. The van der Waals surface area contributed by atoms with Crippen molar-refractivity contribution in [1.29, 1.82) is 0 Å². The summed E-state index contributed by atoms with van der Waals surface area (Å²) in [6.07, 6.45) is 0.763. The Morgan fingerprint density at radius 2 is 1.87 bits per heavy atom. The molecular formula is C29H28ClF3N4O. The Kier molecular flexibility index (Phi) is 6.25. The van der Waals surface area contributed by atoms with Crippen molar-refractivity contribution in [1.82, 2.24) is 14.6 Å². The zero-order chi connectivity index (χ0) is 26.6. The van der Waals surface area contributed by atoms with E-state index >= 15 is 0 Å². The van der Waals surface area contributed by atoms with E-state index in [2.05, 4.69) is 4.90 Å². The number of hydrogen-bond acceptors (Lipinski definition) is 4. The number of fused-ring (bicyclic) bond motifs is 2. The lowest BCUT2D eigenvalue weighted by molar-refractivity contribution is -0.137. The zero-order valence-corrected chi connectivity index (χ0v) is 22.0. The average Bonchev–Trinajstić information content (AvgIpc) is 3.47. The maximum Gasteiger partial charge on any atom is 0.416 e. The molecule has 0 bridgehead atoms. The molecule has 2 aliphatic carbocycles. The van der Waals surface area contributed by atoms with Crippen LogP contribution in [0.25, 0.3) is 16.8 Å². The highest BCUT2D eigenvalue weighted by molar-refractivity contribution is 6.33. The quantitative estimate of drug-likeness (QED) is 0.247. The van der Waals surface area contributed by atoms with E-state index in [1.807, 2.05) is 23.6 Å². The largest absolute Gasteiger partial charge is 0.497 e. The Morgan fingerprint density at radius 1 is 1.11 bits per heavy atom. The van der Waals surface area contributed by atoms with Gasteiger partial charge in [0.25, 0.3) is 0 Å². The number of nitrogens with zero attached hydrogens (tertiary/aromatic N) is 4. The molecule has 0 unspecified atom stereocenters. The summed E-state index contributed by atoms with van der Waals surface area (Å²) < 4.78 is 46.7. The van der Waals surface area contributed by atoms with E-state index in [0.717, 1.165) is 78.2 Å². The van der Waals surface area contributed by atoms with Gasteiger partial charge in [0, 0.05) is 29.9 Å². The molecule has 0 aliphatic heterocycles. The van der Waals surface area contributed by atoms with Crippen molar-refractivity contribution in [3.63, 3.8) is 0 Å². The highest BCUT2D eigenvalue weighted by atomic mass is 35.5. The second-order valence-corrected chi connectivity index (χ2v) is 10.7. The van der Waals surface area contributed by atoms with E-state index in [4.69, 9.17) is 26.4 Å².